The lowest BCUT2D eigenvalue weighted by atomic mass is 9.84. The first-order chi connectivity index (χ1) is 16.9. The summed E-state index contributed by atoms with van der Waals surface area (Å²) in [7, 11) is 0. The van der Waals surface area contributed by atoms with Crippen LogP contribution in [0.1, 0.15) is 80.7 Å². The number of carbonyl (C=O) groups is 3. The lowest BCUT2D eigenvalue weighted by Crippen LogP contribution is -2.62. The van der Waals surface area contributed by atoms with E-state index < -0.39 is 40.3 Å². The maximum atomic E-state index is 15.0. The Bertz CT molecular complexity index is 1080. The molecule has 2 heterocycles. The van der Waals surface area contributed by atoms with E-state index in [0.29, 0.717) is 37.2 Å². The Hall–Kier alpha value is -2.88. The molecular weight excluding hydrogens is 479 g/mol. The van der Waals surface area contributed by atoms with Crippen LogP contribution in [0.3, 0.4) is 0 Å². The Morgan fingerprint density at radius 2 is 1.76 bits per heavy atom. The van der Waals surface area contributed by atoms with Crippen molar-refractivity contribution in [3.05, 3.63) is 23.5 Å². The van der Waals surface area contributed by atoms with Crippen molar-refractivity contribution in [2.45, 2.75) is 97.4 Å². The van der Waals surface area contributed by atoms with Crippen LogP contribution in [0.5, 0.6) is 0 Å². The van der Waals surface area contributed by atoms with Crippen LogP contribution in [-0.2, 0) is 19.8 Å². The summed E-state index contributed by atoms with van der Waals surface area (Å²) in [6, 6.07) is 2.58. The highest BCUT2D eigenvalue weighted by Gasteiger charge is 2.52. The van der Waals surface area contributed by atoms with Crippen LogP contribution in [0, 0.1) is 5.82 Å². The lowest BCUT2D eigenvalue weighted by Gasteiger charge is -2.47. The third-order valence-electron chi connectivity index (χ3n) is 6.64. The number of fused-ring (bicyclic) bond motifs is 1. The molecule has 1 fully saturated rings. The largest absolute Gasteiger partial charge is 0.444 e. The van der Waals surface area contributed by atoms with Gasteiger partial charge in [0, 0.05) is 18.7 Å². The number of hydrogen-bond donors (Lipinski definition) is 2. The first-order valence-electron chi connectivity index (χ1n) is 12.8. The molecule has 2 aliphatic heterocycles. The van der Waals surface area contributed by atoms with Gasteiger partial charge < -0.3 is 20.1 Å². The van der Waals surface area contributed by atoms with E-state index in [9.17, 15) is 14.4 Å². The molecule has 2 aliphatic rings. The van der Waals surface area contributed by atoms with Gasteiger partial charge in [0.25, 0.3) is 0 Å². The van der Waals surface area contributed by atoms with Crippen LogP contribution in [0.4, 0.5) is 25.4 Å². The zero-order valence-corrected chi connectivity index (χ0v) is 23.5. The number of piperidine rings is 1. The molecule has 1 saturated heterocycles. The lowest BCUT2D eigenvalue weighted by molar-refractivity contribution is -0.128. The molecular formula is C27H41FN4O5. The monoisotopic (exact) mass is 520 g/mol. The maximum absolute atomic E-state index is 15.0. The Balaban J connectivity index is 1.97. The van der Waals surface area contributed by atoms with Gasteiger partial charge in [0.15, 0.2) is 0 Å². The van der Waals surface area contributed by atoms with Crippen LogP contribution >= 0.6 is 0 Å². The van der Waals surface area contributed by atoms with Crippen LogP contribution in [0.2, 0.25) is 0 Å². The third-order valence-corrected chi connectivity index (χ3v) is 6.64. The molecule has 0 bridgehead atoms. The predicted octanol–water partition coefficient (Wildman–Crippen LogP) is 5.13. The van der Waals surface area contributed by atoms with E-state index >= 15 is 4.39 Å². The molecule has 1 aromatic carbocycles. The van der Waals surface area contributed by atoms with Crippen molar-refractivity contribution < 1.29 is 28.2 Å². The average molecular weight is 521 g/mol. The Morgan fingerprint density at radius 1 is 1.14 bits per heavy atom. The van der Waals surface area contributed by atoms with Crippen molar-refractivity contribution in [1.82, 2.24) is 10.2 Å². The van der Waals surface area contributed by atoms with Gasteiger partial charge in [0.1, 0.15) is 22.6 Å². The summed E-state index contributed by atoms with van der Waals surface area (Å²) in [5, 5.41) is 5.87. The van der Waals surface area contributed by atoms with Crippen molar-refractivity contribution in [2.24, 2.45) is 0 Å². The number of carbonyl (C=O) groups excluding carboxylic acids is 3. The highest BCUT2D eigenvalue weighted by atomic mass is 19.1. The molecule has 0 saturated carbocycles. The molecule has 9 nitrogen and oxygen atoms in total. The predicted molar refractivity (Wildman–Crippen MR) is 140 cm³/mol. The second-order valence-corrected chi connectivity index (χ2v) is 12.3. The van der Waals surface area contributed by atoms with Gasteiger partial charge in [-0.05, 0) is 93.8 Å². The van der Waals surface area contributed by atoms with Gasteiger partial charge in [-0.2, -0.15) is 0 Å². The van der Waals surface area contributed by atoms with E-state index in [1.54, 1.807) is 55.4 Å². The normalized spacial score (nSPS) is 24.2. The van der Waals surface area contributed by atoms with Gasteiger partial charge >= 0.3 is 12.2 Å². The van der Waals surface area contributed by atoms with Crippen LogP contribution in [-0.4, -0.2) is 59.4 Å². The van der Waals surface area contributed by atoms with Crippen molar-refractivity contribution >= 4 is 29.5 Å². The average Bonchev–Trinajstić information content (AvgIpc) is 2.97. The molecule has 1 aromatic rings. The number of anilines is 2. The van der Waals surface area contributed by atoms with Crippen molar-refractivity contribution in [1.29, 1.82) is 0 Å². The molecule has 0 radical (unpaired) electrons. The highest BCUT2D eigenvalue weighted by molar-refractivity contribution is 6.10. The van der Waals surface area contributed by atoms with Gasteiger partial charge in [0.05, 0.1) is 16.9 Å². The van der Waals surface area contributed by atoms with Crippen LogP contribution in [0.25, 0.3) is 0 Å². The zero-order chi connectivity index (χ0) is 28.0. The van der Waals surface area contributed by atoms with Gasteiger partial charge in [0.2, 0.25) is 5.91 Å². The minimum Gasteiger partial charge on any atom is -0.444 e. The Kier molecular flexibility index (Phi) is 7.58. The minimum atomic E-state index is -1.21. The topological polar surface area (TPSA) is 100 Å². The maximum Gasteiger partial charge on any atom is 0.414 e. The number of rotatable bonds is 4. The summed E-state index contributed by atoms with van der Waals surface area (Å²) in [6.45, 7) is 17.2. The van der Waals surface area contributed by atoms with Crippen molar-refractivity contribution in [2.75, 3.05) is 29.9 Å². The Morgan fingerprint density at radius 3 is 2.32 bits per heavy atom. The van der Waals surface area contributed by atoms with E-state index in [1.807, 2.05) is 11.8 Å². The molecule has 2 N–H and O–H groups in total. The molecule has 0 aromatic heterocycles. The first-order valence-corrected chi connectivity index (χ1v) is 12.8. The van der Waals surface area contributed by atoms with Crippen molar-refractivity contribution in [3.8, 4) is 0 Å². The fourth-order valence-corrected chi connectivity index (χ4v) is 4.98. The van der Waals surface area contributed by atoms with Crippen LogP contribution < -0.4 is 15.5 Å². The summed E-state index contributed by atoms with van der Waals surface area (Å²) in [4.78, 5) is 42.3. The van der Waals surface area contributed by atoms with Crippen molar-refractivity contribution in [3.63, 3.8) is 0 Å². The molecule has 2 atom stereocenters. The summed E-state index contributed by atoms with van der Waals surface area (Å²) in [5.74, 6) is -0.888. The number of amides is 3. The third kappa shape index (κ3) is 6.17. The highest BCUT2D eigenvalue weighted by Crippen LogP contribution is 2.47. The Labute approximate surface area is 219 Å². The van der Waals surface area contributed by atoms with Gasteiger partial charge in [-0.3, -0.25) is 14.6 Å². The zero-order valence-electron chi connectivity index (χ0n) is 23.5. The summed E-state index contributed by atoms with van der Waals surface area (Å²) < 4.78 is 26.0. The number of halogens is 1. The summed E-state index contributed by atoms with van der Waals surface area (Å²) in [6.07, 6.45) is 0.260. The van der Waals surface area contributed by atoms with E-state index in [-0.39, 0.29) is 18.1 Å². The van der Waals surface area contributed by atoms with Crippen LogP contribution in [0.15, 0.2) is 12.1 Å². The molecule has 206 valence electrons. The number of likely N-dealkylation sites (tertiary alicyclic amines) is 1. The van der Waals surface area contributed by atoms with E-state index in [0.717, 1.165) is 0 Å². The fraction of sp³-hybridized carbons (Fsp3) is 0.667. The van der Waals surface area contributed by atoms with E-state index in [1.165, 1.54) is 17.0 Å². The standard InChI is InChI=1S/C27H41FN4O5/c1-10-32(23(35)37-25(5,6)7)19-15-17(28)14-18-20(19)29-21(33)27(18,9)31-13-11-12-26(8,16-31)30-22(34)36-24(2,3)4/h14-15H,10-13,16H2,1-9H3,(H,29,33)(H,30,34)/t26-,27?/m1/s1. The molecule has 3 amide bonds. The molecule has 0 spiro atoms. The van der Waals surface area contributed by atoms with Gasteiger partial charge in [-0.15, -0.1) is 0 Å². The summed E-state index contributed by atoms with van der Waals surface area (Å²) >= 11 is 0. The van der Waals surface area contributed by atoms with Gasteiger partial charge in [-0.1, -0.05) is 0 Å². The molecule has 3 rings (SSSR count). The molecule has 10 heteroatoms. The smallest absolute Gasteiger partial charge is 0.414 e. The number of benzene rings is 1. The number of ether oxygens (including phenoxy) is 2. The summed E-state index contributed by atoms with van der Waals surface area (Å²) in [5.41, 5.74) is -2.18. The van der Waals surface area contributed by atoms with E-state index in [2.05, 4.69) is 10.6 Å². The second-order valence-electron chi connectivity index (χ2n) is 12.3. The SMILES string of the molecule is CCN(C(=O)OC(C)(C)C)c1cc(F)cc2c1NC(=O)C2(C)N1CCC[C@@](C)(NC(=O)OC(C)(C)C)C1. The number of alkyl carbamates (subject to hydrolysis) is 1. The number of nitrogens with zero attached hydrogens (tertiary/aromatic N) is 2. The number of nitrogens with one attached hydrogen (secondary N) is 2. The fourth-order valence-electron chi connectivity index (χ4n) is 4.98. The van der Waals surface area contributed by atoms with E-state index in [4.69, 9.17) is 9.47 Å². The first kappa shape index (κ1) is 28.7. The quantitative estimate of drug-likeness (QED) is 0.571. The minimum absolute atomic E-state index is 0.221. The van der Waals surface area contributed by atoms with Gasteiger partial charge in [-0.25, -0.2) is 14.0 Å². The number of hydrogen-bond acceptors (Lipinski definition) is 6. The molecule has 0 aliphatic carbocycles. The molecule has 1 unspecified atom stereocenters. The second kappa shape index (κ2) is 9.78. The molecule has 37 heavy (non-hydrogen) atoms.